The maximum absolute atomic E-state index is 15.2. The molecule has 1 atom stereocenters. The van der Waals surface area contributed by atoms with Crippen LogP contribution in [0.25, 0.3) is 5.69 Å². The monoisotopic (exact) mass is 454 g/mol. The standard InChI is InChI=1S/C24H27FN4O4/c1-2-33-20-13-7-12-19(21(20)25)29-23(31)27(14-16-8-6-9-16)22(30)28(24(29)32)15-18(26)17-10-4-3-5-11-17/h3-5,7,10-13,16,18H,2,6,8-9,14-15,26H2,1H3/t18-/m1/s1. The summed E-state index contributed by atoms with van der Waals surface area (Å²) in [5.74, 6) is -0.755. The molecule has 0 saturated heterocycles. The summed E-state index contributed by atoms with van der Waals surface area (Å²) >= 11 is 0. The Morgan fingerprint density at radius 1 is 1.00 bits per heavy atom. The minimum absolute atomic E-state index is 0.0782. The molecule has 2 N–H and O–H groups in total. The fraction of sp³-hybridized carbons (Fsp3) is 0.375. The van der Waals surface area contributed by atoms with Crippen LogP contribution >= 0.6 is 0 Å². The van der Waals surface area contributed by atoms with Crippen LogP contribution in [0.2, 0.25) is 0 Å². The molecule has 1 aromatic heterocycles. The van der Waals surface area contributed by atoms with Gasteiger partial charge in [-0.15, -0.1) is 0 Å². The molecule has 1 heterocycles. The van der Waals surface area contributed by atoms with E-state index in [9.17, 15) is 14.4 Å². The number of rotatable bonds is 8. The SMILES string of the molecule is CCOc1cccc(-n2c(=O)n(CC3CCC3)c(=O)n(C[C@@H](N)c3ccccc3)c2=O)c1F. The van der Waals surface area contributed by atoms with Crippen molar-refractivity contribution in [3.05, 3.63) is 91.4 Å². The van der Waals surface area contributed by atoms with Gasteiger partial charge in [0.15, 0.2) is 11.6 Å². The average molecular weight is 455 g/mol. The maximum Gasteiger partial charge on any atom is 0.341 e. The van der Waals surface area contributed by atoms with E-state index in [4.69, 9.17) is 10.5 Å². The average Bonchev–Trinajstić information content (AvgIpc) is 2.78. The van der Waals surface area contributed by atoms with Crippen LogP contribution in [0.15, 0.2) is 62.9 Å². The highest BCUT2D eigenvalue weighted by Gasteiger charge is 2.25. The molecule has 0 spiro atoms. The lowest BCUT2D eigenvalue weighted by atomic mass is 9.85. The molecule has 4 rings (SSSR count). The molecule has 8 nitrogen and oxygen atoms in total. The number of hydrogen-bond acceptors (Lipinski definition) is 5. The van der Waals surface area contributed by atoms with E-state index in [1.54, 1.807) is 19.1 Å². The Hall–Kier alpha value is -3.46. The number of nitrogens with two attached hydrogens (primary N) is 1. The second-order valence-corrected chi connectivity index (χ2v) is 8.24. The van der Waals surface area contributed by atoms with Crippen molar-refractivity contribution in [2.45, 2.75) is 45.3 Å². The highest BCUT2D eigenvalue weighted by atomic mass is 19.1. The van der Waals surface area contributed by atoms with Gasteiger partial charge < -0.3 is 10.5 Å². The van der Waals surface area contributed by atoms with E-state index < -0.39 is 28.9 Å². The van der Waals surface area contributed by atoms with Gasteiger partial charge in [-0.3, -0.25) is 0 Å². The Kier molecular flexibility index (Phi) is 6.60. The third-order valence-electron chi connectivity index (χ3n) is 6.06. The quantitative estimate of drug-likeness (QED) is 0.562. The molecule has 33 heavy (non-hydrogen) atoms. The van der Waals surface area contributed by atoms with E-state index in [1.807, 2.05) is 18.2 Å². The first-order valence-corrected chi connectivity index (χ1v) is 11.1. The molecular formula is C24H27FN4O4. The lowest BCUT2D eigenvalue weighted by molar-refractivity contribution is 0.261. The van der Waals surface area contributed by atoms with Crippen LogP contribution in [-0.2, 0) is 13.1 Å². The van der Waals surface area contributed by atoms with E-state index in [2.05, 4.69) is 0 Å². The van der Waals surface area contributed by atoms with E-state index in [1.165, 1.54) is 18.2 Å². The second kappa shape index (κ2) is 9.58. The van der Waals surface area contributed by atoms with Crippen LogP contribution in [0, 0.1) is 11.7 Å². The first kappa shape index (κ1) is 22.7. The van der Waals surface area contributed by atoms with Gasteiger partial charge in [-0.1, -0.05) is 42.8 Å². The van der Waals surface area contributed by atoms with Crippen molar-refractivity contribution in [3.8, 4) is 11.4 Å². The van der Waals surface area contributed by atoms with Crippen molar-refractivity contribution in [2.75, 3.05) is 6.61 Å². The number of aromatic nitrogens is 3. The van der Waals surface area contributed by atoms with Crippen molar-refractivity contribution in [1.82, 2.24) is 13.7 Å². The summed E-state index contributed by atoms with van der Waals surface area (Å²) < 4.78 is 23.1. The van der Waals surface area contributed by atoms with Crippen LogP contribution in [0.1, 0.15) is 37.8 Å². The first-order valence-electron chi connectivity index (χ1n) is 11.1. The lowest BCUT2D eigenvalue weighted by Crippen LogP contribution is -2.55. The number of hydrogen-bond donors (Lipinski definition) is 1. The van der Waals surface area contributed by atoms with E-state index in [0.717, 1.165) is 34.0 Å². The molecule has 0 bridgehead atoms. The molecule has 9 heteroatoms. The molecule has 1 saturated carbocycles. The van der Waals surface area contributed by atoms with Gasteiger partial charge in [0.2, 0.25) is 0 Å². The van der Waals surface area contributed by atoms with E-state index in [-0.39, 0.29) is 37.1 Å². The molecule has 3 aromatic rings. The van der Waals surface area contributed by atoms with Crippen LogP contribution in [-0.4, -0.2) is 20.3 Å². The summed E-state index contributed by atoms with van der Waals surface area (Å²) in [7, 11) is 0. The molecule has 1 fully saturated rings. The fourth-order valence-corrected chi connectivity index (χ4v) is 4.03. The second-order valence-electron chi connectivity index (χ2n) is 8.24. The molecule has 2 aromatic carbocycles. The highest BCUT2D eigenvalue weighted by molar-refractivity contribution is 5.41. The summed E-state index contributed by atoms with van der Waals surface area (Å²) in [6.07, 6.45) is 2.81. The molecule has 1 aliphatic carbocycles. The Balaban J connectivity index is 1.89. The minimum Gasteiger partial charge on any atom is -0.491 e. The number of halogens is 1. The Bertz CT molecular complexity index is 1310. The van der Waals surface area contributed by atoms with Crippen molar-refractivity contribution in [3.63, 3.8) is 0 Å². The maximum atomic E-state index is 15.2. The fourth-order valence-electron chi connectivity index (χ4n) is 4.03. The summed E-state index contributed by atoms with van der Waals surface area (Å²) in [5.41, 5.74) is 4.22. The summed E-state index contributed by atoms with van der Waals surface area (Å²) in [4.78, 5) is 39.9. The summed E-state index contributed by atoms with van der Waals surface area (Å²) in [6.45, 7) is 1.94. The number of ether oxygens (including phenoxy) is 1. The lowest BCUT2D eigenvalue weighted by Gasteiger charge is -2.26. The molecule has 0 aliphatic heterocycles. The van der Waals surface area contributed by atoms with E-state index >= 15 is 4.39 Å². The smallest absolute Gasteiger partial charge is 0.341 e. The zero-order chi connectivity index (χ0) is 23.5. The van der Waals surface area contributed by atoms with Crippen molar-refractivity contribution in [2.24, 2.45) is 11.7 Å². The summed E-state index contributed by atoms with van der Waals surface area (Å²) in [6, 6.07) is 12.6. The van der Waals surface area contributed by atoms with Gasteiger partial charge in [0.05, 0.1) is 18.8 Å². The first-order chi connectivity index (χ1) is 15.9. The molecule has 0 unspecified atom stereocenters. The van der Waals surface area contributed by atoms with Gasteiger partial charge in [0.25, 0.3) is 0 Å². The Labute approximate surface area is 189 Å². The number of benzene rings is 2. The molecule has 0 amide bonds. The van der Waals surface area contributed by atoms with Gasteiger partial charge in [0.1, 0.15) is 0 Å². The molecule has 1 aliphatic rings. The van der Waals surface area contributed by atoms with Crippen molar-refractivity contribution < 1.29 is 9.13 Å². The van der Waals surface area contributed by atoms with Crippen molar-refractivity contribution in [1.29, 1.82) is 0 Å². The van der Waals surface area contributed by atoms with Gasteiger partial charge in [-0.2, -0.15) is 0 Å². The topological polar surface area (TPSA) is 101 Å². The Morgan fingerprint density at radius 2 is 1.70 bits per heavy atom. The van der Waals surface area contributed by atoms with Crippen LogP contribution in [0.5, 0.6) is 5.75 Å². The Morgan fingerprint density at radius 3 is 2.33 bits per heavy atom. The minimum atomic E-state index is -0.936. The molecular weight excluding hydrogens is 427 g/mol. The van der Waals surface area contributed by atoms with Gasteiger partial charge >= 0.3 is 17.1 Å². The third-order valence-corrected chi connectivity index (χ3v) is 6.06. The zero-order valence-corrected chi connectivity index (χ0v) is 18.4. The highest BCUT2D eigenvalue weighted by Crippen LogP contribution is 2.27. The van der Waals surface area contributed by atoms with Crippen LogP contribution in [0.4, 0.5) is 4.39 Å². The van der Waals surface area contributed by atoms with Gasteiger partial charge in [-0.25, -0.2) is 32.5 Å². The van der Waals surface area contributed by atoms with Crippen LogP contribution in [0.3, 0.4) is 0 Å². The van der Waals surface area contributed by atoms with Crippen LogP contribution < -0.4 is 27.5 Å². The predicted octanol–water partition coefficient (Wildman–Crippen LogP) is 2.20. The third kappa shape index (κ3) is 4.41. The van der Waals surface area contributed by atoms with Gasteiger partial charge in [0, 0.05) is 12.6 Å². The predicted molar refractivity (Wildman–Crippen MR) is 122 cm³/mol. The zero-order valence-electron chi connectivity index (χ0n) is 18.4. The normalized spacial score (nSPS) is 14.6. The van der Waals surface area contributed by atoms with Crippen molar-refractivity contribution >= 4 is 0 Å². The molecule has 0 radical (unpaired) electrons. The van der Waals surface area contributed by atoms with E-state index in [0.29, 0.717) is 4.57 Å². The molecule has 174 valence electrons. The summed E-state index contributed by atoms with van der Waals surface area (Å²) in [5, 5.41) is 0. The van der Waals surface area contributed by atoms with Gasteiger partial charge in [-0.05, 0) is 43.4 Å². The largest absolute Gasteiger partial charge is 0.491 e. The number of nitrogens with zero attached hydrogens (tertiary/aromatic N) is 3.